The van der Waals surface area contributed by atoms with Crippen LogP contribution >= 0.6 is 0 Å². The highest BCUT2D eigenvalue weighted by molar-refractivity contribution is 4.98. The zero-order valence-electron chi connectivity index (χ0n) is 13.0. The maximum Gasteiger partial charge on any atom is 0.0678 e. The number of ether oxygens (including phenoxy) is 1. The summed E-state index contributed by atoms with van der Waals surface area (Å²) in [5.41, 5.74) is 6.46. The average molecular weight is 268 g/mol. The van der Waals surface area contributed by atoms with Crippen molar-refractivity contribution in [1.82, 2.24) is 4.90 Å². The van der Waals surface area contributed by atoms with Crippen molar-refractivity contribution in [2.75, 3.05) is 19.6 Å². The number of rotatable bonds is 4. The normalized spacial score (nSPS) is 41.4. The van der Waals surface area contributed by atoms with Gasteiger partial charge in [-0.1, -0.05) is 19.8 Å². The minimum Gasteiger partial charge on any atom is -0.373 e. The molecule has 112 valence electrons. The van der Waals surface area contributed by atoms with Crippen LogP contribution in [0.1, 0.15) is 59.3 Å². The summed E-state index contributed by atoms with van der Waals surface area (Å²) in [6.45, 7) is 9.60. The van der Waals surface area contributed by atoms with E-state index in [1.54, 1.807) is 0 Å². The minimum atomic E-state index is 0.260. The summed E-state index contributed by atoms with van der Waals surface area (Å²) in [7, 11) is 0. The molecule has 0 aromatic heterocycles. The predicted octanol–water partition coefficient (Wildman–Crippen LogP) is 2.78. The van der Waals surface area contributed by atoms with Crippen LogP contribution in [0.15, 0.2) is 0 Å². The molecular weight excluding hydrogens is 236 g/mol. The fourth-order valence-corrected chi connectivity index (χ4v) is 4.13. The molecule has 2 aliphatic rings. The van der Waals surface area contributed by atoms with E-state index in [2.05, 4.69) is 25.7 Å². The van der Waals surface area contributed by atoms with Crippen molar-refractivity contribution in [3.05, 3.63) is 0 Å². The summed E-state index contributed by atoms with van der Waals surface area (Å²) in [5, 5.41) is 0. The van der Waals surface area contributed by atoms with Crippen LogP contribution in [-0.4, -0.2) is 42.3 Å². The highest BCUT2D eigenvalue weighted by Crippen LogP contribution is 2.38. The van der Waals surface area contributed by atoms with Gasteiger partial charge in [0.25, 0.3) is 0 Å². The molecule has 1 aliphatic heterocycles. The van der Waals surface area contributed by atoms with Crippen LogP contribution in [0.4, 0.5) is 0 Å². The molecule has 1 aliphatic carbocycles. The summed E-state index contributed by atoms with van der Waals surface area (Å²) in [5.74, 6) is 0.945. The number of hydrogen-bond acceptors (Lipinski definition) is 3. The van der Waals surface area contributed by atoms with E-state index in [0.717, 1.165) is 25.6 Å². The van der Waals surface area contributed by atoms with E-state index in [9.17, 15) is 0 Å². The van der Waals surface area contributed by atoms with Crippen molar-refractivity contribution in [2.45, 2.75) is 77.0 Å². The van der Waals surface area contributed by atoms with E-state index >= 15 is 0 Å². The first-order valence-corrected chi connectivity index (χ1v) is 8.20. The summed E-state index contributed by atoms with van der Waals surface area (Å²) in [6, 6.07) is 0. The molecule has 0 bridgehead atoms. The Bertz CT molecular complexity index is 264. The average Bonchev–Trinajstić information content (AvgIpc) is 2.39. The first-order valence-electron chi connectivity index (χ1n) is 8.20. The minimum absolute atomic E-state index is 0.260. The molecule has 1 heterocycles. The van der Waals surface area contributed by atoms with Gasteiger partial charge in [0, 0.05) is 25.2 Å². The maximum absolute atomic E-state index is 6.20. The molecule has 3 nitrogen and oxygen atoms in total. The molecule has 2 fully saturated rings. The van der Waals surface area contributed by atoms with E-state index in [1.807, 2.05) is 0 Å². The van der Waals surface area contributed by atoms with Crippen molar-refractivity contribution in [2.24, 2.45) is 11.7 Å². The molecule has 2 N–H and O–H groups in total. The van der Waals surface area contributed by atoms with Crippen LogP contribution in [0.25, 0.3) is 0 Å². The van der Waals surface area contributed by atoms with Crippen LogP contribution in [0.3, 0.4) is 0 Å². The standard InChI is InChI=1S/C16H32N2O/c1-4-5-15-6-8-16(12-17,9-7-15)18-10-13(2)19-14(3)11-18/h13-15H,4-12,17H2,1-3H3/t13-,14+,15?,16?. The Hall–Kier alpha value is -0.120. The Morgan fingerprint density at radius 3 is 2.21 bits per heavy atom. The maximum atomic E-state index is 6.20. The lowest BCUT2D eigenvalue weighted by Gasteiger charge is -2.51. The highest BCUT2D eigenvalue weighted by Gasteiger charge is 2.41. The smallest absolute Gasteiger partial charge is 0.0678 e. The molecule has 0 spiro atoms. The molecule has 2 atom stereocenters. The fourth-order valence-electron chi connectivity index (χ4n) is 4.13. The van der Waals surface area contributed by atoms with Gasteiger partial charge < -0.3 is 10.5 Å². The Labute approximate surface area is 118 Å². The van der Waals surface area contributed by atoms with Crippen LogP contribution in [0, 0.1) is 5.92 Å². The highest BCUT2D eigenvalue weighted by atomic mass is 16.5. The third-order valence-corrected chi connectivity index (χ3v) is 5.20. The number of morpholine rings is 1. The quantitative estimate of drug-likeness (QED) is 0.852. The van der Waals surface area contributed by atoms with Gasteiger partial charge in [0.2, 0.25) is 0 Å². The molecule has 0 aromatic rings. The summed E-state index contributed by atoms with van der Waals surface area (Å²) < 4.78 is 5.87. The van der Waals surface area contributed by atoms with E-state index in [1.165, 1.54) is 38.5 Å². The van der Waals surface area contributed by atoms with Gasteiger partial charge in [0.1, 0.15) is 0 Å². The Morgan fingerprint density at radius 2 is 1.74 bits per heavy atom. The molecule has 1 saturated heterocycles. The van der Waals surface area contributed by atoms with E-state index in [-0.39, 0.29) is 5.54 Å². The second-order valence-electron chi connectivity index (χ2n) is 6.82. The van der Waals surface area contributed by atoms with Crippen LogP contribution in [-0.2, 0) is 4.74 Å². The van der Waals surface area contributed by atoms with E-state index < -0.39 is 0 Å². The van der Waals surface area contributed by atoms with Gasteiger partial charge in [-0.15, -0.1) is 0 Å². The lowest BCUT2D eigenvalue weighted by Crippen LogP contribution is -2.61. The summed E-state index contributed by atoms with van der Waals surface area (Å²) in [4.78, 5) is 2.65. The van der Waals surface area contributed by atoms with Crippen molar-refractivity contribution < 1.29 is 4.74 Å². The van der Waals surface area contributed by atoms with Crippen molar-refractivity contribution in [3.8, 4) is 0 Å². The lowest BCUT2D eigenvalue weighted by atomic mass is 9.73. The Morgan fingerprint density at radius 1 is 1.16 bits per heavy atom. The van der Waals surface area contributed by atoms with Crippen LogP contribution in [0.2, 0.25) is 0 Å². The molecule has 0 aromatic carbocycles. The topological polar surface area (TPSA) is 38.5 Å². The lowest BCUT2D eigenvalue weighted by molar-refractivity contribution is -0.110. The first-order chi connectivity index (χ1) is 9.09. The summed E-state index contributed by atoms with van der Waals surface area (Å²) >= 11 is 0. The molecule has 1 saturated carbocycles. The van der Waals surface area contributed by atoms with Crippen molar-refractivity contribution in [3.63, 3.8) is 0 Å². The molecule has 2 rings (SSSR count). The van der Waals surface area contributed by atoms with Gasteiger partial charge >= 0.3 is 0 Å². The first kappa shape index (κ1) is 15.3. The third-order valence-electron chi connectivity index (χ3n) is 5.20. The molecule has 0 radical (unpaired) electrons. The Balaban J connectivity index is 1.99. The zero-order valence-corrected chi connectivity index (χ0v) is 13.0. The van der Waals surface area contributed by atoms with Gasteiger partial charge in [0.15, 0.2) is 0 Å². The molecule has 19 heavy (non-hydrogen) atoms. The third kappa shape index (κ3) is 3.50. The van der Waals surface area contributed by atoms with Gasteiger partial charge in [0.05, 0.1) is 12.2 Å². The van der Waals surface area contributed by atoms with Gasteiger partial charge in [-0.05, 0) is 45.4 Å². The number of hydrogen-bond donors (Lipinski definition) is 1. The SMILES string of the molecule is CCCC1CCC(CN)(N2C[C@@H](C)O[C@@H](C)C2)CC1. The largest absolute Gasteiger partial charge is 0.373 e. The fraction of sp³-hybridized carbons (Fsp3) is 1.00. The Kier molecular flexibility index (Phi) is 5.27. The van der Waals surface area contributed by atoms with Crippen LogP contribution < -0.4 is 5.73 Å². The zero-order chi connectivity index (χ0) is 13.9. The number of nitrogens with zero attached hydrogens (tertiary/aromatic N) is 1. The van der Waals surface area contributed by atoms with Crippen LogP contribution in [0.5, 0.6) is 0 Å². The second-order valence-corrected chi connectivity index (χ2v) is 6.82. The van der Waals surface area contributed by atoms with Gasteiger partial charge in [-0.25, -0.2) is 0 Å². The van der Waals surface area contributed by atoms with Gasteiger partial charge in [-0.3, -0.25) is 4.90 Å². The molecule has 0 unspecified atom stereocenters. The predicted molar refractivity (Wildman–Crippen MR) is 80.2 cm³/mol. The molecular formula is C16H32N2O. The van der Waals surface area contributed by atoms with Gasteiger partial charge in [-0.2, -0.15) is 0 Å². The van der Waals surface area contributed by atoms with E-state index in [0.29, 0.717) is 12.2 Å². The summed E-state index contributed by atoms with van der Waals surface area (Å²) in [6.07, 6.45) is 8.72. The number of nitrogens with two attached hydrogens (primary N) is 1. The second kappa shape index (κ2) is 6.55. The molecule has 0 amide bonds. The van der Waals surface area contributed by atoms with Crippen molar-refractivity contribution >= 4 is 0 Å². The monoisotopic (exact) mass is 268 g/mol. The van der Waals surface area contributed by atoms with Crippen molar-refractivity contribution in [1.29, 1.82) is 0 Å². The van der Waals surface area contributed by atoms with E-state index in [4.69, 9.17) is 10.5 Å². The molecule has 3 heteroatoms.